The van der Waals surface area contributed by atoms with E-state index >= 15 is 0 Å². The lowest BCUT2D eigenvalue weighted by Crippen LogP contribution is -2.16. The van der Waals surface area contributed by atoms with Crippen molar-refractivity contribution in [2.24, 2.45) is 5.16 Å². The summed E-state index contributed by atoms with van der Waals surface area (Å²) in [6.45, 7) is 2.21. The molecule has 0 aliphatic rings. The Morgan fingerprint density at radius 2 is 1.76 bits per heavy atom. The number of anilines is 1. The molecule has 0 fully saturated rings. The van der Waals surface area contributed by atoms with E-state index in [0.29, 0.717) is 23.1 Å². The molecule has 0 bridgehead atoms. The molecule has 1 amide bonds. The van der Waals surface area contributed by atoms with E-state index in [1.807, 2.05) is 79.7 Å². The lowest BCUT2D eigenvalue weighted by Gasteiger charge is -2.09. The first-order valence-electron chi connectivity index (χ1n) is 9.08. The van der Waals surface area contributed by atoms with E-state index < -0.39 is 0 Å². The number of aryl methyl sites for hydroxylation is 1. The number of para-hydroxylation sites is 1. The van der Waals surface area contributed by atoms with Crippen LogP contribution in [-0.4, -0.2) is 18.7 Å². The van der Waals surface area contributed by atoms with Crippen molar-refractivity contribution < 1.29 is 14.4 Å². The van der Waals surface area contributed by atoms with Gasteiger partial charge in [0.15, 0.2) is 6.61 Å². The zero-order valence-electron chi connectivity index (χ0n) is 16.0. The first-order chi connectivity index (χ1) is 14.1. The minimum atomic E-state index is -0.279. The van der Waals surface area contributed by atoms with Gasteiger partial charge in [0, 0.05) is 16.3 Å². The van der Waals surface area contributed by atoms with Gasteiger partial charge in [-0.25, -0.2) is 0 Å². The number of oxime groups is 1. The number of nitrogens with one attached hydrogen (secondary N) is 1. The summed E-state index contributed by atoms with van der Waals surface area (Å²) in [5.41, 5.74) is 3.60. The van der Waals surface area contributed by atoms with E-state index in [4.69, 9.17) is 21.2 Å². The molecule has 3 aromatic carbocycles. The Hall–Kier alpha value is -3.31. The summed E-state index contributed by atoms with van der Waals surface area (Å²) >= 11 is 5.90. The van der Waals surface area contributed by atoms with Crippen LogP contribution in [0.5, 0.6) is 5.75 Å². The molecule has 0 spiro atoms. The Morgan fingerprint density at radius 1 is 1.03 bits per heavy atom. The van der Waals surface area contributed by atoms with Crippen molar-refractivity contribution in [3.63, 3.8) is 0 Å². The van der Waals surface area contributed by atoms with Gasteiger partial charge in [0.05, 0.1) is 6.21 Å². The standard InChI is InChI=1S/C23H21ClN2O3/c1-17-6-12-21(13-7-17)26-23(27)16-29-25-14-19-4-2-3-5-22(19)28-15-18-8-10-20(24)11-9-18/h2-14H,15-16H2,1H3,(H,26,27). The summed E-state index contributed by atoms with van der Waals surface area (Å²) < 4.78 is 5.86. The lowest BCUT2D eigenvalue weighted by molar-refractivity contribution is -0.120. The molecule has 29 heavy (non-hydrogen) atoms. The molecule has 0 unspecified atom stereocenters. The van der Waals surface area contributed by atoms with Crippen molar-refractivity contribution in [3.05, 3.63) is 94.5 Å². The van der Waals surface area contributed by atoms with Crippen LogP contribution in [0.25, 0.3) is 0 Å². The second-order valence-corrected chi connectivity index (χ2v) is 6.81. The van der Waals surface area contributed by atoms with Gasteiger partial charge in [-0.15, -0.1) is 0 Å². The summed E-state index contributed by atoms with van der Waals surface area (Å²) in [5, 5.41) is 7.32. The van der Waals surface area contributed by atoms with Gasteiger partial charge in [-0.3, -0.25) is 4.79 Å². The van der Waals surface area contributed by atoms with E-state index in [1.165, 1.54) is 6.21 Å². The SMILES string of the molecule is Cc1ccc(NC(=O)CON=Cc2ccccc2OCc2ccc(Cl)cc2)cc1. The minimum absolute atomic E-state index is 0.182. The van der Waals surface area contributed by atoms with Crippen LogP contribution >= 0.6 is 11.6 Å². The number of benzene rings is 3. The third kappa shape index (κ3) is 6.66. The summed E-state index contributed by atoms with van der Waals surface area (Å²) in [6.07, 6.45) is 1.52. The van der Waals surface area contributed by atoms with Crippen molar-refractivity contribution >= 4 is 29.4 Å². The highest BCUT2D eigenvalue weighted by atomic mass is 35.5. The lowest BCUT2D eigenvalue weighted by atomic mass is 10.2. The quantitative estimate of drug-likeness (QED) is 0.410. The number of amides is 1. The number of nitrogens with zero attached hydrogens (tertiary/aromatic N) is 1. The van der Waals surface area contributed by atoms with Gasteiger partial charge in [0.2, 0.25) is 0 Å². The van der Waals surface area contributed by atoms with Crippen LogP contribution in [0.4, 0.5) is 5.69 Å². The Morgan fingerprint density at radius 3 is 2.52 bits per heavy atom. The smallest absolute Gasteiger partial charge is 0.265 e. The maximum absolute atomic E-state index is 11.9. The summed E-state index contributed by atoms with van der Waals surface area (Å²) in [7, 11) is 0. The Balaban J connectivity index is 1.50. The van der Waals surface area contributed by atoms with E-state index in [9.17, 15) is 4.79 Å². The second kappa shape index (κ2) is 10.3. The zero-order chi connectivity index (χ0) is 20.5. The first kappa shape index (κ1) is 20.4. The van der Waals surface area contributed by atoms with E-state index in [-0.39, 0.29) is 12.5 Å². The average molecular weight is 409 g/mol. The van der Waals surface area contributed by atoms with Crippen molar-refractivity contribution in [3.8, 4) is 5.75 Å². The summed E-state index contributed by atoms with van der Waals surface area (Å²) in [5.74, 6) is 0.386. The predicted molar refractivity (Wildman–Crippen MR) is 116 cm³/mol. The van der Waals surface area contributed by atoms with Crippen LogP contribution in [0.3, 0.4) is 0 Å². The minimum Gasteiger partial charge on any atom is -0.488 e. The zero-order valence-corrected chi connectivity index (χ0v) is 16.7. The molecular formula is C23H21ClN2O3. The van der Waals surface area contributed by atoms with Crippen molar-refractivity contribution in [1.29, 1.82) is 0 Å². The Labute approximate surface area is 174 Å². The maximum atomic E-state index is 11.9. The van der Waals surface area contributed by atoms with Gasteiger partial charge in [-0.2, -0.15) is 0 Å². The summed E-state index contributed by atoms with van der Waals surface area (Å²) in [6, 6.07) is 22.5. The normalized spacial score (nSPS) is 10.7. The maximum Gasteiger partial charge on any atom is 0.265 e. The molecule has 0 saturated carbocycles. The molecule has 6 heteroatoms. The number of carbonyl (C=O) groups is 1. The van der Waals surface area contributed by atoms with Crippen LogP contribution in [0.1, 0.15) is 16.7 Å². The van der Waals surface area contributed by atoms with Crippen molar-refractivity contribution in [2.45, 2.75) is 13.5 Å². The molecule has 1 N–H and O–H groups in total. The van der Waals surface area contributed by atoms with Crippen LogP contribution in [0.2, 0.25) is 5.02 Å². The van der Waals surface area contributed by atoms with Gasteiger partial charge in [-0.1, -0.05) is 58.7 Å². The van der Waals surface area contributed by atoms with Gasteiger partial charge in [0.1, 0.15) is 12.4 Å². The second-order valence-electron chi connectivity index (χ2n) is 6.38. The number of hydrogen-bond acceptors (Lipinski definition) is 4. The highest BCUT2D eigenvalue weighted by Gasteiger charge is 2.04. The number of rotatable bonds is 8. The number of ether oxygens (including phenoxy) is 1. The fourth-order valence-corrected chi connectivity index (χ4v) is 2.61. The van der Waals surface area contributed by atoms with Crippen LogP contribution in [0.15, 0.2) is 78.0 Å². The molecule has 0 aromatic heterocycles. The molecule has 5 nitrogen and oxygen atoms in total. The van der Waals surface area contributed by atoms with Gasteiger partial charge in [0.25, 0.3) is 5.91 Å². The molecule has 3 rings (SSSR count). The van der Waals surface area contributed by atoms with Crippen LogP contribution in [-0.2, 0) is 16.2 Å². The van der Waals surface area contributed by atoms with Gasteiger partial charge >= 0.3 is 0 Å². The molecule has 148 valence electrons. The highest BCUT2D eigenvalue weighted by molar-refractivity contribution is 6.30. The molecule has 0 radical (unpaired) electrons. The molecule has 0 atom stereocenters. The third-order valence-corrected chi connectivity index (χ3v) is 4.28. The number of carbonyl (C=O) groups excluding carboxylic acids is 1. The topological polar surface area (TPSA) is 59.9 Å². The number of hydrogen-bond donors (Lipinski definition) is 1. The van der Waals surface area contributed by atoms with Crippen molar-refractivity contribution in [2.75, 3.05) is 11.9 Å². The monoisotopic (exact) mass is 408 g/mol. The molecular weight excluding hydrogens is 388 g/mol. The predicted octanol–water partition coefficient (Wildman–Crippen LogP) is 5.22. The summed E-state index contributed by atoms with van der Waals surface area (Å²) in [4.78, 5) is 17.0. The highest BCUT2D eigenvalue weighted by Crippen LogP contribution is 2.18. The van der Waals surface area contributed by atoms with E-state index in [0.717, 1.165) is 16.7 Å². The number of halogens is 1. The molecule has 0 heterocycles. The van der Waals surface area contributed by atoms with E-state index in [2.05, 4.69) is 10.5 Å². The fraction of sp³-hybridized carbons (Fsp3) is 0.130. The average Bonchev–Trinajstić information content (AvgIpc) is 2.73. The Bertz CT molecular complexity index is 970. The largest absolute Gasteiger partial charge is 0.488 e. The van der Waals surface area contributed by atoms with Crippen molar-refractivity contribution in [1.82, 2.24) is 0 Å². The molecule has 0 aliphatic carbocycles. The molecule has 0 saturated heterocycles. The molecule has 0 aliphatic heterocycles. The van der Waals surface area contributed by atoms with Crippen LogP contribution in [0, 0.1) is 6.92 Å². The first-order valence-corrected chi connectivity index (χ1v) is 9.46. The fourth-order valence-electron chi connectivity index (χ4n) is 2.48. The molecule has 3 aromatic rings. The van der Waals surface area contributed by atoms with Crippen LogP contribution < -0.4 is 10.1 Å². The van der Waals surface area contributed by atoms with Gasteiger partial charge < -0.3 is 14.9 Å². The third-order valence-electron chi connectivity index (χ3n) is 4.02. The Kier molecular flexibility index (Phi) is 7.25. The van der Waals surface area contributed by atoms with E-state index in [1.54, 1.807) is 0 Å². The van der Waals surface area contributed by atoms with Gasteiger partial charge in [-0.05, 0) is 48.9 Å².